The fourth-order valence-electron chi connectivity index (χ4n) is 1.71. The number of rotatable bonds is 3. The summed E-state index contributed by atoms with van der Waals surface area (Å²) in [6, 6.07) is 7.86. The minimum absolute atomic E-state index is 0.0740. The molecule has 1 aromatic carbocycles. The van der Waals surface area contributed by atoms with Crippen LogP contribution in [0, 0.1) is 5.92 Å². The third-order valence-electron chi connectivity index (χ3n) is 2.43. The van der Waals surface area contributed by atoms with Gasteiger partial charge in [0.05, 0.1) is 0 Å². The number of anilines is 1. The Morgan fingerprint density at radius 3 is 2.94 bits per heavy atom. The topological polar surface area (TPSA) is 44.9 Å². The lowest BCUT2D eigenvalue weighted by atomic mass is 10.1. The molecular formula is C13H16N2O. The maximum atomic E-state index is 11.6. The molecule has 2 N–H and O–H groups in total. The Morgan fingerprint density at radius 2 is 2.19 bits per heavy atom. The Labute approximate surface area is 94.9 Å². The molecule has 3 nitrogen and oxygen atoms in total. The van der Waals surface area contributed by atoms with E-state index in [0.717, 1.165) is 16.6 Å². The first-order chi connectivity index (χ1) is 7.65. The number of carbonyl (C=O) groups is 1. The van der Waals surface area contributed by atoms with Gasteiger partial charge in [-0.3, -0.25) is 4.79 Å². The van der Waals surface area contributed by atoms with Gasteiger partial charge < -0.3 is 10.3 Å². The van der Waals surface area contributed by atoms with E-state index in [0.29, 0.717) is 12.3 Å². The van der Waals surface area contributed by atoms with Crippen LogP contribution in [-0.2, 0) is 4.79 Å². The summed E-state index contributed by atoms with van der Waals surface area (Å²) in [7, 11) is 0. The van der Waals surface area contributed by atoms with Gasteiger partial charge in [-0.2, -0.15) is 0 Å². The van der Waals surface area contributed by atoms with Crippen LogP contribution in [0.2, 0.25) is 0 Å². The lowest BCUT2D eigenvalue weighted by Gasteiger charge is -2.07. The molecule has 0 spiro atoms. The normalized spacial score (nSPS) is 10.9. The van der Waals surface area contributed by atoms with Crippen LogP contribution in [0.5, 0.6) is 0 Å². The van der Waals surface area contributed by atoms with Crippen LogP contribution in [-0.4, -0.2) is 10.9 Å². The van der Waals surface area contributed by atoms with Crippen molar-refractivity contribution in [1.82, 2.24) is 4.98 Å². The SMILES string of the molecule is CC(C)CC(=O)Nc1ccc2[nH]ccc2c1. The first-order valence-corrected chi connectivity index (χ1v) is 5.52. The zero-order chi connectivity index (χ0) is 11.5. The highest BCUT2D eigenvalue weighted by atomic mass is 16.1. The molecule has 2 rings (SSSR count). The summed E-state index contributed by atoms with van der Waals surface area (Å²) in [5.74, 6) is 0.459. The summed E-state index contributed by atoms with van der Waals surface area (Å²) in [4.78, 5) is 14.7. The fraction of sp³-hybridized carbons (Fsp3) is 0.308. The minimum Gasteiger partial charge on any atom is -0.361 e. The Bertz CT molecular complexity index is 499. The zero-order valence-corrected chi connectivity index (χ0v) is 9.58. The molecule has 0 bridgehead atoms. The Balaban J connectivity index is 2.11. The molecule has 2 aromatic rings. The third-order valence-corrected chi connectivity index (χ3v) is 2.43. The molecule has 0 unspecified atom stereocenters. The van der Waals surface area contributed by atoms with Crippen molar-refractivity contribution in [2.75, 3.05) is 5.32 Å². The van der Waals surface area contributed by atoms with Gasteiger partial charge in [-0.1, -0.05) is 13.8 Å². The number of H-pyrrole nitrogens is 1. The van der Waals surface area contributed by atoms with Crippen molar-refractivity contribution < 1.29 is 4.79 Å². The van der Waals surface area contributed by atoms with E-state index >= 15 is 0 Å². The van der Waals surface area contributed by atoms with Crippen molar-refractivity contribution in [1.29, 1.82) is 0 Å². The molecule has 0 radical (unpaired) electrons. The number of fused-ring (bicyclic) bond motifs is 1. The first kappa shape index (κ1) is 10.7. The minimum atomic E-state index is 0.0740. The maximum Gasteiger partial charge on any atom is 0.224 e. The number of aromatic nitrogens is 1. The number of hydrogen-bond donors (Lipinski definition) is 2. The number of carbonyl (C=O) groups excluding carboxylic acids is 1. The molecule has 0 aliphatic heterocycles. The van der Waals surface area contributed by atoms with E-state index in [1.54, 1.807) is 0 Å². The molecule has 84 valence electrons. The summed E-state index contributed by atoms with van der Waals surface area (Å²) in [5.41, 5.74) is 1.94. The summed E-state index contributed by atoms with van der Waals surface area (Å²) in [6.45, 7) is 4.07. The van der Waals surface area contributed by atoms with Gasteiger partial charge in [-0.15, -0.1) is 0 Å². The largest absolute Gasteiger partial charge is 0.361 e. The number of benzene rings is 1. The molecule has 0 saturated carbocycles. The second kappa shape index (κ2) is 4.39. The van der Waals surface area contributed by atoms with Crippen molar-refractivity contribution in [3.8, 4) is 0 Å². The van der Waals surface area contributed by atoms with Crippen molar-refractivity contribution in [3.63, 3.8) is 0 Å². The van der Waals surface area contributed by atoms with Crippen molar-refractivity contribution in [2.45, 2.75) is 20.3 Å². The molecule has 3 heteroatoms. The van der Waals surface area contributed by atoms with E-state index in [4.69, 9.17) is 0 Å². The van der Waals surface area contributed by atoms with E-state index in [2.05, 4.69) is 10.3 Å². The zero-order valence-electron chi connectivity index (χ0n) is 9.58. The third kappa shape index (κ3) is 2.42. The van der Waals surface area contributed by atoms with E-state index in [1.807, 2.05) is 44.3 Å². The predicted molar refractivity (Wildman–Crippen MR) is 66.4 cm³/mol. The van der Waals surface area contributed by atoms with Crippen LogP contribution in [0.1, 0.15) is 20.3 Å². The smallest absolute Gasteiger partial charge is 0.224 e. The summed E-state index contributed by atoms with van der Waals surface area (Å²) >= 11 is 0. The highest BCUT2D eigenvalue weighted by molar-refractivity contribution is 5.93. The molecule has 16 heavy (non-hydrogen) atoms. The molecule has 0 aliphatic rings. The molecule has 1 amide bonds. The van der Waals surface area contributed by atoms with Gasteiger partial charge in [-0.05, 0) is 30.2 Å². The second-order valence-corrected chi connectivity index (χ2v) is 4.43. The lowest BCUT2D eigenvalue weighted by Crippen LogP contribution is -2.13. The highest BCUT2D eigenvalue weighted by Gasteiger charge is 2.05. The molecule has 0 saturated heterocycles. The second-order valence-electron chi connectivity index (χ2n) is 4.43. The molecule has 1 heterocycles. The van der Waals surface area contributed by atoms with Crippen LogP contribution >= 0.6 is 0 Å². The van der Waals surface area contributed by atoms with Crippen LogP contribution in [0.25, 0.3) is 10.9 Å². The Kier molecular flexibility index (Phi) is 2.95. The average molecular weight is 216 g/mol. The summed E-state index contributed by atoms with van der Waals surface area (Å²) in [6.07, 6.45) is 2.45. The number of nitrogens with one attached hydrogen (secondary N) is 2. The molecule has 0 atom stereocenters. The van der Waals surface area contributed by atoms with Crippen LogP contribution in [0.3, 0.4) is 0 Å². The van der Waals surface area contributed by atoms with Gasteiger partial charge >= 0.3 is 0 Å². The van der Waals surface area contributed by atoms with Crippen molar-refractivity contribution in [3.05, 3.63) is 30.5 Å². The van der Waals surface area contributed by atoms with E-state index in [1.165, 1.54) is 0 Å². The Hall–Kier alpha value is -1.77. The molecule has 0 aliphatic carbocycles. The lowest BCUT2D eigenvalue weighted by molar-refractivity contribution is -0.116. The predicted octanol–water partition coefficient (Wildman–Crippen LogP) is 3.15. The van der Waals surface area contributed by atoms with Crippen LogP contribution < -0.4 is 5.32 Å². The summed E-state index contributed by atoms with van der Waals surface area (Å²) in [5, 5.41) is 4.02. The molecular weight excluding hydrogens is 200 g/mol. The average Bonchev–Trinajstić information content (AvgIpc) is 2.63. The monoisotopic (exact) mass is 216 g/mol. The molecule has 0 fully saturated rings. The van der Waals surface area contributed by atoms with Crippen LogP contribution in [0.15, 0.2) is 30.5 Å². The van der Waals surface area contributed by atoms with Gasteiger partial charge in [0.25, 0.3) is 0 Å². The maximum absolute atomic E-state index is 11.6. The fourth-order valence-corrected chi connectivity index (χ4v) is 1.71. The van der Waals surface area contributed by atoms with Gasteiger partial charge in [0.2, 0.25) is 5.91 Å². The molecule has 1 aromatic heterocycles. The van der Waals surface area contributed by atoms with E-state index in [-0.39, 0.29) is 5.91 Å². The van der Waals surface area contributed by atoms with Crippen LogP contribution in [0.4, 0.5) is 5.69 Å². The van der Waals surface area contributed by atoms with E-state index < -0.39 is 0 Å². The van der Waals surface area contributed by atoms with Gasteiger partial charge in [0.1, 0.15) is 0 Å². The summed E-state index contributed by atoms with van der Waals surface area (Å²) < 4.78 is 0. The van der Waals surface area contributed by atoms with Gasteiger partial charge in [0, 0.05) is 29.2 Å². The Morgan fingerprint density at radius 1 is 1.38 bits per heavy atom. The first-order valence-electron chi connectivity index (χ1n) is 5.52. The quantitative estimate of drug-likeness (QED) is 0.813. The standard InChI is InChI=1S/C13H16N2O/c1-9(2)7-13(16)15-11-3-4-12-10(8-11)5-6-14-12/h3-6,8-9,14H,7H2,1-2H3,(H,15,16). The number of aromatic amines is 1. The van der Waals surface area contributed by atoms with Gasteiger partial charge in [-0.25, -0.2) is 0 Å². The van der Waals surface area contributed by atoms with Crippen molar-refractivity contribution >= 4 is 22.5 Å². The number of hydrogen-bond acceptors (Lipinski definition) is 1. The van der Waals surface area contributed by atoms with E-state index in [9.17, 15) is 4.79 Å². The van der Waals surface area contributed by atoms with Gasteiger partial charge in [0.15, 0.2) is 0 Å². The number of amides is 1. The van der Waals surface area contributed by atoms with Crippen molar-refractivity contribution in [2.24, 2.45) is 5.92 Å². The highest BCUT2D eigenvalue weighted by Crippen LogP contribution is 2.18.